The molecule has 0 aliphatic carbocycles. The second-order valence-electron chi connectivity index (χ2n) is 6.00. The highest BCUT2D eigenvalue weighted by Crippen LogP contribution is 2.19. The van der Waals surface area contributed by atoms with E-state index in [2.05, 4.69) is 71.0 Å². The number of aromatic nitrogens is 1. The first-order chi connectivity index (χ1) is 11.7. The number of thiazole rings is 1. The molecular weight excluding hydrogens is 443 g/mol. The minimum Gasteiger partial charge on any atom is -0.357 e. The van der Waals surface area contributed by atoms with Gasteiger partial charge in [0.05, 0.1) is 10.7 Å². The standard InChI is InChI=1S/C19H28N4S.HI/c1-4-20-19(21-12-10-16-8-6-5-7-9-16)22-13-11-17-14-24-18(23-17)15(2)3;/h5-9,14-15H,4,10-13H2,1-3H3,(H2,20,21,22);1H. The van der Waals surface area contributed by atoms with E-state index in [9.17, 15) is 0 Å². The average Bonchev–Trinajstić information content (AvgIpc) is 3.05. The topological polar surface area (TPSA) is 49.3 Å². The van der Waals surface area contributed by atoms with Gasteiger partial charge in [-0.05, 0) is 18.9 Å². The average molecular weight is 472 g/mol. The van der Waals surface area contributed by atoms with Gasteiger partial charge >= 0.3 is 0 Å². The van der Waals surface area contributed by atoms with Crippen molar-refractivity contribution in [1.29, 1.82) is 0 Å². The molecule has 0 aliphatic heterocycles. The predicted octanol–water partition coefficient (Wildman–Crippen LogP) is 4.22. The van der Waals surface area contributed by atoms with E-state index in [1.54, 1.807) is 11.3 Å². The molecule has 0 bridgehead atoms. The molecule has 1 aromatic carbocycles. The summed E-state index contributed by atoms with van der Waals surface area (Å²) in [5.74, 6) is 1.39. The highest BCUT2D eigenvalue weighted by molar-refractivity contribution is 14.0. The van der Waals surface area contributed by atoms with E-state index in [4.69, 9.17) is 0 Å². The molecule has 0 amide bonds. The van der Waals surface area contributed by atoms with Crippen LogP contribution in [0.4, 0.5) is 0 Å². The largest absolute Gasteiger partial charge is 0.357 e. The van der Waals surface area contributed by atoms with Gasteiger partial charge in [0, 0.05) is 37.4 Å². The summed E-state index contributed by atoms with van der Waals surface area (Å²) in [5.41, 5.74) is 2.48. The maximum absolute atomic E-state index is 4.66. The molecule has 25 heavy (non-hydrogen) atoms. The molecule has 138 valence electrons. The van der Waals surface area contributed by atoms with Crippen LogP contribution in [0.15, 0.2) is 40.7 Å². The first kappa shape index (κ1) is 21.9. The van der Waals surface area contributed by atoms with Crippen molar-refractivity contribution >= 4 is 41.3 Å². The number of guanidine groups is 1. The van der Waals surface area contributed by atoms with E-state index in [-0.39, 0.29) is 24.0 Å². The Morgan fingerprint density at radius 1 is 1.16 bits per heavy atom. The van der Waals surface area contributed by atoms with Gasteiger partial charge in [0.15, 0.2) is 5.96 Å². The third-order valence-corrected chi connectivity index (χ3v) is 4.79. The van der Waals surface area contributed by atoms with Crippen molar-refractivity contribution in [1.82, 2.24) is 15.6 Å². The lowest BCUT2D eigenvalue weighted by Crippen LogP contribution is -2.38. The van der Waals surface area contributed by atoms with E-state index in [0.717, 1.165) is 44.1 Å². The smallest absolute Gasteiger partial charge is 0.191 e. The van der Waals surface area contributed by atoms with E-state index in [0.29, 0.717) is 5.92 Å². The van der Waals surface area contributed by atoms with Crippen molar-refractivity contribution in [2.24, 2.45) is 4.99 Å². The fourth-order valence-electron chi connectivity index (χ4n) is 2.30. The van der Waals surface area contributed by atoms with Crippen LogP contribution in [0.3, 0.4) is 0 Å². The van der Waals surface area contributed by atoms with Gasteiger partial charge in [-0.15, -0.1) is 35.3 Å². The van der Waals surface area contributed by atoms with Crippen LogP contribution in [-0.4, -0.2) is 30.6 Å². The zero-order valence-corrected chi connectivity index (χ0v) is 18.4. The molecule has 0 saturated carbocycles. The number of nitrogens with one attached hydrogen (secondary N) is 2. The Labute approximate surface area is 172 Å². The normalized spacial score (nSPS) is 11.3. The van der Waals surface area contributed by atoms with Crippen LogP contribution < -0.4 is 10.6 Å². The van der Waals surface area contributed by atoms with Crippen LogP contribution in [0.1, 0.15) is 43.0 Å². The number of aliphatic imine (C=N–C) groups is 1. The number of hydrogen-bond donors (Lipinski definition) is 2. The molecule has 0 atom stereocenters. The fourth-order valence-corrected chi connectivity index (χ4v) is 3.17. The summed E-state index contributed by atoms with van der Waals surface area (Å²) in [6, 6.07) is 10.5. The second kappa shape index (κ2) is 12.2. The Hall–Kier alpha value is -1.15. The summed E-state index contributed by atoms with van der Waals surface area (Å²) in [4.78, 5) is 9.32. The van der Waals surface area contributed by atoms with Crippen molar-refractivity contribution in [3.63, 3.8) is 0 Å². The lowest BCUT2D eigenvalue weighted by atomic mass is 10.1. The first-order valence-corrected chi connectivity index (χ1v) is 9.57. The highest BCUT2D eigenvalue weighted by atomic mass is 127. The monoisotopic (exact) mass is 472 g/mol. The fraction of sp³-hybridized carbons (Fsp3) is 0.474. The van der Waals surface area contributed by atoms with Gasteiger partial charge in [0.1, 0.15) is 0 Å². The molecule has 1 aromatic heterocycles. The Morgan fingerprint density at radius 2 is 1.92 bits per heavy atom. The maximum Gasteiger partial charge on any atom is 0.191 e. The van der Waals surface area contributed by atoms with E-state index in [1.807, 2.05) is 6.07 Å². The minimum absolute atomic E-state index is 0. The van der Waals surface area contributed by atoms with Gasteiger partial charge in [0.2, 0.25) is 0 Å². The number of rotatable bonds is 8. The predicted molar refractivity (Wildman–Crippen MR) is 119 cm³/mol. The summed E-state index contributed by atoms with van der Waals surface area (Å²) < 4.78 is 0. The van der Waals surface area contributed by atoms with E-state index < -0.39 is 0 Å². The second-order valence-corrected chi connectivity index (χ2v) is 6.89. The Kier molecular flexibility index (Phi) is 10.7. The van der Waals surface area contributed by atoms with Crippen molar-refractivity contribution in [3.05, 3.63) is 52.0 Å². The van der Waals surface area contributed by atoms with Crippen molar-refractivity contribution in [2.45, 2.75) is 39.5 Å². The van der Waals surface area contributed by atoms with Crippen molar-refractivity contribution in [2.75, 3.05) is 19.6 Å². The van der Waals surface area contributed by atoms with Gasteiger partial charge < -0.3 is 10.6 Å². The molecule has 6 heteroatoms. The van der Waals surface area contributed by atoms with Crippen LogP contribution >= 0.6 is 35.3 Å². The van der Waals surface area contributed by atoms with Crippen LogP contribution in [0.5, 0.6) is 0 Å². The lowest BCUT2D eigenvalue weighted by molar-refractivity contribution is 0.791. The lowest BCUT2D eigenvalue weighted by Gasteiger charge is -2.11. The van der Waals surface area contributed by atoms with Crippen LogP contribution in [0.25, 0.3) is 0 Å². The summed E-state index contributed by atoms with van der Waals surface area (Å²) in [5, 5.41) is 10.1. The Bertz CT molecular complexity index is 625. The van der Waals surface area contributed by atoms with E-state index >= 15 is 0 Å². The zero-order valence-electron chi connectivity index (χ0n) is 15.3. The highest BCUT2D eigenvalue weighted by Gasteiger charge is 2.05. The number of benzene rings is 1. The molecule has 2 rings (SSSR count). The van der Waals surface area contributed by atoms with Gasteiger partial charge in [-0.2, -0.15) is 0 Å². The molecule has 0 radical (unpaired) electrons. The van der Waals surface area contributed by atoms with Crippen molar-refractivity contribution < 1.29 is 0 Å². The molecule has 0 saturated heterocycles. The Morgan fingerprint density at radius 3 is 2.56 bits per heavy atom. The third-order valence-electron chi connectivity index (χ3n) is 3.59. The van der Waals surface area contributed by atoms with E-state index in [1.165, 1.54) is 10.6 Å². The molecule has 0 fully saturated rings. The minimum atomic E-state index is 0. The number of hydrogen-bond acceptors (Lipinski definition) is 3. The SMILES string of the molecule is CCNC(=NCCc1csc(C(C)C)n1)NCCc1ccccc1.I. The van der Waals surface area contributed by atoms with Gasteiger partial charge in [-0.1, -0.05) is 44.2 Å². The Balaban J connectivity index is 0.00000312. The summed E-state index contributed by atoms with van der Waals surface area (Å²) in [6.45, 7) is 8.95. The number of nitrogens with zero attached hydrogens (tertiary/aromatic N) is 2. The summed E-state index contributed by atoms with van der Waals surface area (Å²) in [6.07, 6.45) is 1.88. The molecule has 1 heterocycles. The van der Waals surface area contributed by atoms with Crippen LogP contribution in [-0.2, 0) is 12.8 Å². The first-order valence-electron chi connectivity index (χ1n) is 8.69. The zero-order chi connectivity index (χ0) is 17.2. The van der Waals surface area contributed by atoms with Crippen molar-refractivity contribution in [3.8, 4) is 0 Å². The molecule has 0 unspecified atom stereocenters. The van der Waals surface area contributed by atoms with Crippen LogP contribution in [0.2, 0.25) is 0 Å². The third kappa shape index (κ3) is 8.18. The molecule has 0 aliphatic rings. The quantitative estimate of drug-likeness (QED) is 0.344. The van der Waals surface area contributed by atoms with Gasteiger partial charge in [-0.25, -0.2) is 4.98 Å². The summed E-state index contributed by atoms with van der Waals surface area (Å²) in [7, 11) is 0. The molecular formula is C19H29IN4S. The van der Waals surface area contributed by atoms with Gasteiger partial charge in [-0.3, -0.25) is 4.99 Å². The molecule has 4 nitrogen and oxygen atoms in total. The molecule has 2 N–H and O–H groups in total. The van der Waals surface area contributed by atoms with Gasteiger partial charge in [0.25, 0.3) is 0 Å². The van der Waals surface area contributed by atoms with Crippen LogP contribution in [0, 0.1) is 0 Å². The maximum atomic E-state index is 4.66. The summed E-state index contributed by atoms with van der Waals surface area (Å²) >= 11 is 1.75. The number of halogens is 1. The molecule has 2 aromatic rings. The molecule has 0 spiro atoms.